The molecule has 1 aliphatic carbocycles. The highest BCUT2D eigenvalue weighted by Gasteiger charge is 2.20. The number of methoxy groups -OCH3 is 2. The number of ether oxygens (including phenoxy) is 3. The molecule has 0 saturated heterocycles. The van der Waals surface area contributed by atoms with Crippen molar-refractivity contribution < 1.29 is 19.0 Å². The van der Waals surface area contributed by atoms with Crippen molar-refractivity contribution in [2.45, 2.75) is 6.42 Å². The first kappa shape index (κ1) is 21.7. The molecule has 7 nitrogen and oxygen atoms in total. The van der Waals surface area contributed by atoms with Gasteiger partial charge in [0.05, 0.1) is 32.9 Å². The minimum absolute atomic E-state index is 0.0838. The standard InChI is InChI=1S/C24H25N3O4/c1-4-20(18-13-21(29-2)22(30-3)14-19(18)25)31-24-11-10-17(15-26-24)27-23(28)12-16-8-6-5-7-9-16/h4-11,13-14,25-26H,1,12,15H2,2-3H3,(H,27,28)/b20-18+,25-19?. The zero-order valence-corrected chi connectivity index (χ0v) is 17.5. The van der Waals surface area contributed by atoms with Crippen LogP contribution in [0.4, 0.5) is 0 Å². The predicted molar refractivity (Wildman–Crippen MR) is 119 cm³/mol. The second kappa shape index (κ2) is 10.2. The molecule has 1 amide bonds. The molecule has 7 heteroatoms. The summed E-state index contributed by atoms with van der Waals surface area (Å²) < 4.78 is 16.5. The lowest BCUT2D eigenvalue weighted by molar-refractivity contribution is -0.119. The van der Waals surface area contributed by atoms with Crippen LogP contribution >= 0.6 is 0 Å². The molecular formula is C24H25N3O4. The van der Waals surface area contributed by atoms with Gasteiger partial charge in [-0.25, -0.2) is 0 Å². The predicted octanol–water partition coefficient (Wildman–Crippen LogP) is 3.22. The second-order valence-electron chi connectivity index (χ2n) is 6.71. The lowest BCUT2D eigenvalue weighted by Gasteiger charge is -2.21. The summed E-state index contributed by atoms with van der Waals surface area (Å²) in [5.41, 5.74) is 2.42. The maximum absolute atomic E-state index is 12.2. The highest BCUT2D eigenvalue weighted by atomic mass is 16.5. The van der Waals surface area contributed by atoms with E-state index in [-0.39, 0.29) is 11.6 Å². The topological polar surface area (TPSA) is 92.7 Å². The maximum Gasteiger partial charge on any atom is 0.228 e. The minimum Gasteiger partial charge on any atom is -0.493 e. The van der Waals surface area contributed by atoms with Crippen molar-refractivity contribution in [2.24, 2.45) is 0 Å². The van der Waals surface area contributed by atoms with E-state index in [1.165, 1.54) is 20.3 Å². The fourth-order valence-electron chi connectivity index (χ4n) is 3.04. The van der Waals surface area contributed by atoms with Gasteiger partial charge in [0.25, 0.3) is 0 Å². The molecule has 0 radical (unpaired) electrons. The molecule has 0 saturated carbocycles. The number of benzene rings is 1. The van der Waals surface area contributed by atoms with Crippen LogP contribution in [0.1, 0.15) is 5.56 Å². The van der Waals surface area contributed by atoms with Gasteiger partial charge in [-0.2, -0.15) is 0 Å². The van der Waals surface area contributed by atoms with Crippen molar-refractivity contribution in [3.63, 3.8) is 0 Å². The molecule has 3 N–H and O–H groups in total. The first-order chi connectivity index (χ1) is 15.0. The fourth-order valence-corrected chi connectivity index (χ4v) is 3.04. The van der Waals surface area contributed by atoms with Gasteiger partial charge in [-0.1, -0.05) is 36.9 Å². The Bertz CT molecular complexity index is 1030. The molecule has 0 aromatic heterocycles. The lowest BCUT2D eigenvalue weighted by Crippen LogP contribution is -2.32. The third-order valence-electron chi connectivity index (χ3n) is 4.59. The molecule has 0 bridgehead atoms. The van der Waals surface area contributed by atoms with Crippen LogP contribution in [0.15, 0.2) is 102 Å². The van der Waals surface area contributed by atoms with Gasteiger partial charge >= 0.3 is 0 Å². The van der Waals surface area contributed by atoms with E-state index >= 15 is 0 Å². The molecule has 1 aliphatic heterocycles. The Morgan fingerprint density at radius 1 is 1.16 bits per heavy atom. The molecule has 0 atom stereocenters. The van der Waals surface area contributed by atoms with Crippen LogP contribution in [-0.4, -0.2) is 32.4 Å². The maximum atomic E-state index is 12.2. The molecule has 160 valence electrons. The number of rotatable bonds is 8. The van der Waals surface area contributed by atoms with Gasteiger partial charge in [0.15, 0.2) is 17.4 Å². The first-order valence-electron chi connectivity index (χ1n) is 9.67. The highest BCUT2D eigenvalue weighted by molar-refractivity contribution is 6.10. The van der Waals surface area contributed by atoms with Crippen LogP contribution in [0, 0.1) is 5.41 Å². The SMILES string of the molecule is C=C/C(OC1=CC=C(NC(=O)Cc2ccccc2)CN1)=C1/C=C(OC)C(OC)=CC1=N. The summed E-state index contributed by atoms with van der Waals surface area (Å²) in [5, 5.41) is 14.3. The van der Waals surface area contributed by atoms with E-state index in [1.807, 2.05) is 30.3 Å². The van der Waals surface area contributed by atoms with Crippen LogP contribution in [-0.2, 0) is 25.4 Å². The molecular weight excluding hydrogens is 394 g/mol. The minimum atomic E-state index is -0.0838. The van der Waals surface area contributed by atoms with Crippen LogP contribution in [0.2, 0.25) is 0 Å². The van der Waals surface area contributed by atoms with E-state index in [9.17, 15) is 4.79 Å². The molecule has 1 aromatic rings. The van der Waals surface area contributed by atoms with Crippen LogP contribution in [0.3, 0.4) is 0 Å². The van der Waals surface area contributed by atoms with E-state index in [2.05, 4.69) is 17.2 Å². The first-order valence-corrected chi connectivity index (χ1v) is 9.67. The third kappa shape index (κ3) is 5.54. The fraction of sp³-hybridized carbons (Fsp3) is 0.167. The molecule has 0 unspecified atom stereocenters. The van der Waals surface area contributed by atoms with Crippen molar-refractivity contribution in [1.29, 1.82) is 5.41 Å². The molecule has 1 heterocycles. The smallest absolute Gasteiger partial charge is 0.228 e. The highest BCUT2D eigenvalue weighted by Crippen LogP contribution is 2.25. The van der Waals surface area contributed by atoms with Gasteiger partial charge in [-0.05, 0) is 23.8 Å². The number of hydrogen-bond acceptors (Lipinski definition) is 6. The van der Waals surface area contributed by atoms with Crippen molar-refractivity contribution in [3.05, 3.63) is 107 Å². The van der Waals surface area contributed by atoms with Gasteiger partial charge in [-0.15, -0.1) is 0 Å². The molecule has 0 fully saturated rings. The molecule has 31 heavy (non-hydrogen) atoms. The van der Waals surface area contributed by atoms with Crippen LogP contribution in [0.5, 0.6) is 0 Å². The Kier molecular flexibility index (Phi) is 7.11. The summed E-state index contributed by atoms with van der Waals surface area (Å²) in [4.78, 5) is 12.2. The van der Waals surface area contributed by atoms with E-state index in [0.717, 1.165) is 11.3 Å². The van der Waals surface area contributed by atoms with E-state index in [4.69, 9.17) is 19.6 Å². The Hall–Kier alpha value is -4.00. The molecule has 0 spiro atoms. The monoisotopic (exact) mass is 419 g/mol. The average Bonchev–Trinajstić information content (AvgIpc) is 2.79. The normalized spacial score (nSPS) is 17.2. The Balaban J connectivity index is 1.68. The zero-order chi connectivity index (χ0) is 22.2. The Morgan fingerprint density at radius 3 is 2.48 bits per heavy atom. The Morgan fingerprint density at radius 2 is 1.87 bits per heavy atom. The lowest BCUT2D eigenvalue weighted by atomic mass is 10.0. The van der Waals surface area contributed by atoms with Crippen molar-refractivity contribution in [2.75, 3.05) is 20.8 Å². The number of amides is 1. The number of hydrogen-bond donors (Lipinski definition) is 3. The van der Waals surface area contributed by atoms with E-state index < -0.39 is 0 Å². The number of carbonyl (C=O) groups is 1. The molecule has 2 aliphatic rings. The summed E-state index contributed by atoms with van der Waals surface area (Å²) in [6.45, 7) is 4.19. The largest absolute Gasteiger partial charge is 0.493 e. The van der Waals surface area contributed by atoms with Gasteiger partial charge in [0.1, 0.15) is 5.76 Å². The third-order valence-corrected chi connectivity index (χ3v) is 4.59. The average molecular weight is 419 g/mol. The summed E-state index contributed by atoms with van der Waals surface area (Å²) >= 11 is 0. The van der Waals surface area contributed by atoms with Gasteiger partial charge < -0.3 is 24.8 Å². The zero-order valence-electron chi connectivity index (χ0n) is 17.5. The van der Waals surface area contributed by atoms with Crippen LogP contribution in [0.25, 0.3) is 0 Å². The summed E-state index contributed by atoms with van der Waals surface area (Å²) in [5.74, 6) is 1.75. The van der Waals surface area contributed by atoms with Crippen LogP contribution < -0.4 is 10.6 Å². The summed E-state index contributed by atoms with van der Waals surface area (Å²) in [7, 11) is 3.05. The number of carbonyl (C=O) groups excluding carboxylic acids is 1. The molecule has 1 aromatic carbocycles. The number of nitrogens with one attached hydrogen (secondary N) is 3. The molecule has 3 rings (SSSR count). The van der Waals surface area contributed by atoms with Crippen molar-refractivity contribution in [1.82, 2.24) is 10.6 Å². The second-order valence-corrected chi connectivity index (χ2v) is 6.71. The quantitative estimate of drug-likeness (QED) is 0.563. The Labute approximate surface area is 181 Å². The summed E-state index contributed by atoms with van der Waals surface area (Å²) in [6, 6.07) is 9.57. The van der Waals surface area contributed by atoms with Crippen molar-refractivity contribution in [3.8, 4) is 0 Å². The number of allylic oxidation sites excluding steroid dienone is 6. The van der Waals surface area contributed by atoms with Gasteiger partial charge in [0.2, 0.25) is 5.91 Å². The van der Waals surface area contributed by atoms with Gasteiger partial charge in [0, 0.05) is 23.4 Å². The summed E-state index contributed by atoms with van der Waals surface area (Å²) in [6.07, 6.45) is 8.58. The number of dihydropyridines is 1. The van der Waals surface area contributed by atoms with E-state index in [1.54, 1.807) is 24.3 Å². The van der Waals surface area contributed by atoms with Gasteiger partial charge in [-0.3, -0.25) is 10.2 Å². The van der Waals surface area contributed by atoms with E-state index in [0.29, 0.717) is 41.7 Å². The van der Waals surface area contributed by atoms with Crippen molar-refractivity contribution >= 4 is 11.6 Å².